The summed E-state index contributed by atoms with van der Waals surface area (Å²) in [5.74, 6) is -0.427. The van der Waals surface area contributed by atoms with Crippen molar-refractivity contribution in [2.75, 3.05) is 6.61 Å². The molecule has 1 amide bonds. The van der Waals surface area contributed by atoms with Crippen molar-refractivity contribution in [1.82, 2.24) is 5.32 Å². The van der Waals surface area contributed by atoms with Crippen LogP contribution >= 0.6 is 0 Å². The summed E-state index contributed by atoms with van der Waals surface area (Å²) >= 11 is 0. The molecular formula is C11H12FNO4. The molecule has 0 spiro atoms. The second kappa shape index (κ2) is 5.83. The molecule has 0 saturated carbocycles. The maximum atomic E-state index is 13.2. The van der Waals surface area contributed by atoms with Crippen molar-refractivity contribution in [3.8, 4) is 5.75 Å². The Hall–Kier alpha value is -2.11. The largest absolute Gasteiger partial charge is 0.491 e. The molecule has 92 valence electrons. The van der Waals surface area contributed by atoms with Crippen LogP contribution in [0.2, 0.25) is 0 Å². The number of carbonyl (C=O) groups excluding carboxylic acids is 1. The van der Waals surface area contributed by atoms with E-state index in [1.54, 1.807) is 6.92 Å². The first kappa shape index (κ1) is 13.0. The monoisotopic (exact) mass is 241 g/mol. The highest BCUT2D eigenvalue weighted by atomic mass is 19.1. The quantitative estimate of drug-likeness (QED) is 0.769. The molecule has 1 rings (SSSR count). The number of ether oxygens (including phenoxy) is 1. The lowest BCUT2D eigenvalue weighted by Crippen LogP contribution is -2.35. The summed E-state index contributed by atoms with van der Waals surface area (Å²) in [4.78, 5) is 20.7. The van der Waals surface area contributed by atoms with Gasteiger partial charge in [-0.2, -0.15) is 0 Å². The first-order valence-corrected chi connectivity index (χ1v) is 4.90. The highest BCUT2D eigenvalue weighted by Crippen LogP contribution is 2.15. The third kappa shape index (κ3) is 4.10. The van der Waals surface area contributed by atoms with Gasteiger partial charge in [0.05, 0.1) is 11.6 Å². The number of rotatable bonds is 5. The van der Waals surface area contributed by atoms with E-state index in [9.17, 15) is 14.0 Å². The fourth-order valence-corrected chi connectivity index (χ4v) is 1.17. The van der Waals surface area contributed by atoms with E-state index in [0.29, 0.717) is 6.29 Å². The normalized spacial score (nSPS) is 11.6. The van der Waals surface area contributed by atoms with Gasteiger partial charge in [-0.3, -0.25) is 4.79 Å². The molecule has 0 aliphatic carbocycles. The Kier molecular flexibility index (Phi) is 4.45. The molecule has 2 N–H and O–H groups in total. The van der Waals surface area contributed by atoms with E-state index in [1.165, 1.54) is 12.1 Å². The standard InChI is InChI=1S/C11H12FNO4/c1-7(13-11(15)16)6-17-9-3-2-8(5-14)10(12)4-9/h2-5,7,13H,6H2,1H3,(H,15,16)/t7-/m0/s1. The second-order valence-electron chi connectivity index (χ2n) is 3.46. The van der Waals surface area contributed by atoms with E-state index >= 15 is 0 Å². The summed E-state index contributed by atoms with van der Waals surface area (Å²) in [5, 5.41) is 10.6. The van der Waals surface area contributed by atoms with Crippen molar-refractivity contribution in [2.24, 2.45) is 0 Å². The molecule has 17 heavy (non-hydrogen) atoms. The molecule has 0 aliphatic rings. The Morgan fingerprint density at radius 1 is 1.65 bits per heavy atom. The Morgan fingerprint density at radius 2 is 2.35 bits per heavy atom. The Balaban J connectivity index is 2.55. The van der Waals surface area contributed by atoms with Crippen LogP contribution in [0.5, 0.6) is 5.75 Å². The molecule has 6 heteroatoms. The van der Waals surface area contributed by atoms with Crippen LogP contribution in [0.25, 0.3) is 0 Å². The van der Waals surface area contributed by atoms with Crippen molar-refractivity contribution in [3.05, 3.63) is 29.6 Å². The lowest BCUT2D eigenvalue weighted by molar-refractivity contribution is 0.111. The van der Waals surface area contributed by atoms with Gasteiger partial charge in [0, 0.05) is 6.07 Å². The zero-order valence-electron chi connectivity index (χ0n) is 9.14. The zero-order valence-corrected chi connectivity index (χ0v) is 9.14. The van der Waals surface area contributed by atoms with Crippen molar-refractivity contribution in [2.45, 2.75) is 13.0 Å². The van der Waals surface area contributed by atoms with Gasteiger partial charge in [0.15, 0.2) is 6.29 Å². The number of halogens is 1. The average molecular weight is 241 g/mol. The predicted octanol–water partition coefficient (Wildman–Crippen LogP) is 1.67. The number of amides is 1. The molecule has 1 atom stereocenters. The topological polar surface area (TPSA) is 75.6 Å². The lowest BCUT2D eigenvalue weighted by Gasteiger charge is -2.13. The van der Waals surface area contributed by atoms with E-state index in [-0.39, 0.29) is 17.9 Å². The van der Waals surface area contributed by atoms with Gasteiger partial charge in [0.25, 0.3) is 0 Å². The van der Waals surface area contributed by atoms with Crippen LogP contribution in [-0.4, -0.2) is 30.1 Å². The first-order chi connectivity index (χ1) is 8.02. The van der Waals surface area contributed by atoms with Crippen LogP contribution in [-0.2, 0) is 0 Å². The minimum Gasteiger partial charge on any atom is -0.491 e. The molecule has 0 fully saturated rings. The molecule has 0 unspecified atom stereocenters. The van der Waals surface area contributed by atoms with Crippen LogP contribution in [0, 0.1) is 5.82 Å². The molecule has 0 bridgehead atoms. The Bertz CT molecular complexity index is 422. The van der Waals surface area contributed by atoms with Gasteiger partial charge in [-0.25, -0.2) is 9.18 Å². The van der Waals surface area contributed by atoms with Crippen molar-refractivity contribution >= 4 is 12.4 Å². The van der Waals surface area contributed by atoms with Gasteiger partial charge in [-0.05, 0) is 19.1 Å². The zero-order chi connectivity index (χ0) is 12.8. The van der Waals surface area contributed by atoms with E-state index < -0.39 is 18.0 Å². The highest BCUT2D eigenvalue weighted by Gasteiger charge is 2.07. The van der Waals surface area contributed by atoms with Gasteiger partial charge < -0.3 is 15.2 Å². The smallest absolute Gasteiger partial charge is 0.404 e. The summed E-state index contributed by atoms with van der Waals surface area (Å²) < 4.78 is 18.3. The van der Waals surface area contributed by atoms with Gasteiger partial charge in [0.1, 0.15) is 18.2 Å². The molecule has 0 radical (unpaired) electrons. The number of carbonyl (C=O) groups is 2. The molecular weight excluding hydrogens is 229 g/mol. The number of hydrogen-bond acceptors (Lipinski definition) is 3. The number of benzene rings is 1. The highest BCUT2D eigenvalue weighted by molar-refractivity contribution is 5.75. The van der Waals surface area contributed by atoms with Crippen LogP contribution in [0.1, 0.15) is 17.3 Å². The summed E-state index contributed by atoms with van der Waals surface area (Å²) in [5.41, 5.74) is -0.0472. The molecule has 0 heterocycles. The third-order valence-electron chi connectivity index (χ3n) is 1.97. The van der Waals surface area contributed by atoms with Gasteiger partial charge in [0.2, 0.25) is 0 Å². The van der Waals surface area contributed by atoms with Gasteiger partial charge in [-0.15, -0.1) is 0 Å². The van der Waals surface area contributed by atoms with Gasteiger partial charge >= 0.3 is 6.09 Å². The van der Waals surface area contributed by atoms with E-state index in [0.717, 1.165) is 6.07 Å². The van der Waals surface area contributed by atoms with E-state index in [2.05, 4.69) is 5.32 Å². The maximum Gasteiger partial charge on any atom is 0.404 e. The third-order valence-corrected chi connectivity index (χ3v) is 1.97. The fourth-order valence-electron chi connectivity index (χ4n) is 1.17. The van der Waals surface area contributed by atoms with E-state index in [4.69, 9.17) is 9.84 Å². The first-order valence-electron chi connectivity index (χ1n) is 4.90. The molecule has 0 aliphatic heterocycles. The SMILES string of the molecule is C[C@@H](COc1ccc(C=O)c(F)c1)NC(=O)O. The fraction of sp³-hybridized carbons (Fsp3) is 0.273. The molecule has 1 aromatic rings. The van der Waals surface area contributed by atoms with Crippen molar-refractivity contribution in [1.29, 1.82) is 0 Å². The van der Waals surface area contributed by atoms with Crippen LogP contribution < -0.4 is 10.1 Å². The number of hydrogen-bond donors (Lipinski definition) is 2. The molecule has 1 aromatic carbocycles. The summed E-state index contributed by atoms with van der Waals surface area (Å²) in [6, 6.07) is 3.41. The molecule has 5 nitrogen and oxygen atoms in total. The summed E-state index contributed by atoms with van der Waals surface area (Å²) in [6.45, 7) is 1.69. The minimum absolute atomic E-state index is 0.0472. The summed E-state index contributed by atoms with van der Waals surface area (Å²) in [6.07, 6.45) is -0.739. The van der Waals surface area contributed by atoms with Crippen molar-refractivity contribution in [3.63, 3.8) is 0 Å². The number of aldehydes is 1. The number of carboxylic acid groups (broad SMARTS) is 1. The maximum absolute atomic E-state index is 13.2. The van der Waals surface area contributed by atoms with Crippen LogP contribution in [0.4, 0.5) is 9.18 Å². The Morgan fingerprint density at radius 3 is 2.88 bits per heavy atom. The second-order valence-corrected chi connectivity index (χ2v) is 3.46. The molecule has 0 saturated heterocycles. The van der Waals surface area contributed by atoms with Crippen molar-refractivity contribution < 1.29 is 23.8 Å². The van der Waals surface area contributed by atoms with E-state index in [1.807, 2.05) is 0 Å². The number of nitrogens with one attached hydrogen (secondary N) is 1. The minimum atomic E-state index is -1.15. The Labute approximate surface area is 97.2 Å². The van der Waals surface area contributed by atoms with Crippen LogP contribution in [0.15, 0.2) is 18.2 Å². The van der Waals surface area contributed by atoms with Crippen LogP contribution in [0.3, 0.4) is 0 Å². The summed E-state index contributed by atoms with van der Waals surface area (Å²) in [7, 11) is 0. The molecule has 0 aromatic heterocycles. The average Bonchev–Trinajstić information content (AvgIpc) is 2.25. The lowest BCUT2D eigenvalue weighted by atomic mass is 10.2. The predicted molar refractivity (Wildman–Crippen MR) is 57.9 cm³/mol. The van der Waals surface area contributed by atoms with Gasteiger partial charge in [-0.1, -0.05) is 0 Å².